The first-order valence-electron chi connectivity index (χ1n) is 6.35. The second-order valence-corrected chi connectivity index (χ2v) is 5.87. The third-order valence-corrected chi connectivity index (χ3v) is 3.78. The Morgan fingerprint density at radius 1 is 1.50 bits per heavy atom. The highest BCUT2D eigenvalue weighted by molar-refractivity contribution is 5.81. The number of aliphatic imine (C=N–C) groups is 1. The molecule has 5 heteroatoms. The summed E-state index contributed by atoms with van der Waals surface area (Å²) in [6.45, 7) is 8.27. The van der Waals surface area contributed by atoms with Crippen molar-refractivity contribution in [2.24, 2.45) is 15.8 Å². The van der Waals surface area contributed by atoms with Crippen LogP contribution in [0.5, 0.6) is 0 Å². The van der Waals surface area contributed by atoms with Gasteiger partial charge in [-0.3, -0.25) is 9.63 Å². The molecule has 0 radical (unpaired) electrons. The van der Waals surface area contributed by atoms with Crippen molar-refractivity contribution < 1.29 is 14.4 Å². The first kappa shape index (κ1) is 14.9. The lowest BCUT2D eigenvalue weighted by molar-refractivity contribution is -0.147. The summed E-state index contributed by atoms with van der Waals surface area (Å²) in [5.41, 5.74) is 1.83. The van der Waals surface area contributed by atoms with E-state index >= 15 is 0 Å². The average molecular weight is 254 g/mol. The predicted octanol–water partition coefficient (Wildman–Crippen LogP) is 1.97. The zero-order chi connectivity index (χ0) is 13.8. The standard InChI is InChI=1S/C13H22N2O3/c1-5-18-15-11(17)13(4)7-6-10(14-9-16)12(2,3)8-13/h10H,5-8H2,1-4H3,(H,15,17). The molecule has 2 atom stereocenters. The Labute approximate surface area is 108 Å². The van der Waals surface area contributed by atoms with Crippen molar-refractivity contribution in [1.82, 2.24) is 5.48 Å². The Balaban J connectivity index is 2.77. The molecule has 1 aliphatic rings. The number of hydrogen-bond acceptors (Lipinski definition) is 4. The summed E-state index contributed by atoms with van der Waals surface area (Å²) in [6, 6.07) is -0.0528. The number of isocyanates is 1. The smallest absolute Gasteiger partial charge is 0.249 e. The highest BCUT2D eigenvalue weighted by Gasteiger charge is 2.46. The van der Waals surface area contributed by atoms with Crippen LogP contribution in [0.2, 0.25) is 0 Å². The molecule has 1 rings (SSSR count). The Bertz CT molecular complexity index is 361. The topological polar surface area (TPSA) is 67.8 Å². The van der Waals surface area contributed by atoms with E-state index in [9.17, 15) is 9.59 Å². The van der Waals surface area contributed by atoms with Crippen molar-refractivity contribution in [3.63, 3.8) is 0 Å². The van der Waals surface area contributed by atoms with Crippen molar-refractivity contribution in [1.29, 1.82) is 0 Å². The summed E-state index contributed by atoms with van der Waals surface area (Å²) in [5, 5.41) is 0. The Kier molecular flexibility index (Phi) is 4.65. The van der Waals surface area contributed by atoms with Crippen LogP contribution in [0.1, 0.15) is 47.0 Å². The Hall–Kier alpha value is -1.19. The largest absolute Gasteiger partial charge is 0.274 e. The molecule has 2 unspecified atom stereocenters. The van der Waals surface area contributed by atoms with Gasteiger partial charge in [-0.05, 0) is 31.6 Å². The second kappa shape index (κ2) is 5.63. The molecule has 5 nitrogen and oxygen atoms in total. The van der Waals surface area contributed by atoms with Gasteiger partial charge >= 0.3 is 0 Å². The van der Waals surface area contributed by atoms with E-state index < -0.39 is 5.41 Å². The lowest BCUT2D eigenvalue weighted by Crippen LogP contribution is -2.48. The van der Waals surface area contributed by atoms with Crippen LogP contribution in [-0.2, 0) is 14.4 Å². The van der Waals surface area contributed by atoms with E-state index in [1.165, 1.54) is 0 Å². The number of hydroxylamine groups is 1. The van der Waals surface area contributed by atoms with Crippen LogP contribution in [0.4, 0.5) is 0 Å². The predicted molar refractivity (Wildman–Crippen MR) is 67.4 cm³/mol. The minimum Gasteiger partial charge on any atom is -0.274 e. The number of hydrogen-bond donors (Lipinski definition) is 1. The molecule has 0 aromatic carbocycles. The van der Waals surface area contributed by atoms with Gasteiger partial charge < -0.3 is 0 Å². The highest BCUT2D eigenvalue weighted by atomic mass is 16.6. The zero-order valence-corrected chi connectivity index (χ0v) is 11.6. The number of nitrogens with one attached hydrogen (secondary N) is 1. The van der Waals surface area contributed by atoms with Crippen molar-refractivity contribution in [2.45, 2.75) is 53.0 Å². The quantitative estimate of drug-likeness (QED) is 0.474. The molecule has 0 aromatic rings. The first-order valence-corrected chi connectivity index (χ1v) is 6.35. The van der Waals surface area contributed by atoms with E-state index in [2.05, 4.69) is 10.5 Å². The normalized spacial score (nSPS) is 30.3. The van der Waals surface area contributed by atoms with Gasteiger partial charge in [0.1, 0.15) is 0 Å². The molecule has 102 valence electrons. The van der Waals surface area contributed by atoms with Gasteiger partial charge in [-0.25, -0.2) is 15.3 Å². The lowest BCUT2D eigenvalue weighted by Gasteiger charge is -2.44. The molecule has 1 amide bonds. The maximum Gasteiger partial charge on any atom is 0.249 e. The SMILES string of the molecule is CCONC(=O)C1(C)CCC(N=C=O)C(C)(C)C1. The number of carbonyl (C=O) groups is 1. The number of carbonyl (C=O) groups excluding carboxylic acids is 2. The van der Waals surface area contributed by atoms with E-state index in [-0.39, 0.29) is 17.4 Å². The first-order chi connectivity index (χ1) is 8.35. The van der Waals surface area contributed by atoms with Gasteiger partial charge in [0.25, 0.3) is 0 Å². The summed E-state index contributed by atoms with van der Waals surface area (Å²) < 4.78 is 0. The van der Waals surface area contributed by atoms with Gasteiger partial charge in [-0.15, -0.1) is 0 Å². The summed E-state index contributed by atoms with van der Waals surface area (Å²) in [6.07, 6.45) is 3.73. The highest BCUT2D eigenvalue weighted by Crippen LogP contribution is 2.47. The molecule has 18 heavy (non-hydrogen) atoms. The minimum absolute atomic E-state index is 0.0528. The molecule has 0 heterocycles. The molecule has 0 aromatic heterocycles. The number of nitrogens with zero attached hydrogens (tertiary/aromatic N) is 1. The molecule has 1 N–H and O–H groups in total. The van der Waals surface area contributed by atoms with E-state index in [0.29, 0.717) is 19.4 Å². The maximum absolute atomic E-state index is 12.1. The summed E-state index contributed by atoms with van der Waals surface area (Å²) in [7, 11) is 0. The maximum atomic E-state index is 12.1. The van der Waals surface area contributed by atoms with Gasteiger partial charge in [-0.2, -0.15) is 0 Å². The summed E-state index contributed by atoms with van der Waals surface area (Å²) in [4.78, 5) is 31.3. The van der Waals surface area contributed by atoms with Crippen LogP contribution in [-0.4, -0.2) is 24.6 Å². The molecule has 1 aliphatic carbocycles. The summed E-state index contributed by atoms with van der Waals surface area (Å²) in [5.74, 6) is -0.0917. The molecule has 1 saturated carbocycles. The molecule has 1 fully saturated rings. The lowest BCUT2D eigenvalue weighted by atomic mass is 9.62. The number of rotatable bonds is 4. The van der Waals surface area contributed by atoms with Crippen molar-refractivity contribution in [2.75, 3.05) is 6.61 Å². The van der Waals surface area contributed by atoms with Gasteiger partial charge in [0.15, 0.2) is 0 Å². The van der Waals surface area contributed by atoms with E-state index in [0.717, 1.165) is 6.42 Å². The Morgan fingerprint density at radius 3 is 2.67 bits per heavy atom. The van der Waals surface area contributed by atoms with E-state index in [1.807, 2.05) is 27.7 Å². The fourth-order valence-electron chi connectivity index (χ4n) is 2.82. The zero-order valence-electron chi connectivity index (χ0n) is 11.6. The third-order valence-electron chi connectivity index (χ3n) is 3.78. The monoisotopic (exact) mass is 254 g/mol. The fraction of sp³-hybridized carbons (Fsp3) is 0.846. The number of amides is 1. The van der Waals surface area contributed by atoms with E-state index in [4.69, 9.17) is 4.84 Å². The minimum atomic E-state index is -0.465. The average Bonchev–Trinajstić information content (AvgIpc) is 2.29. The van der Waals surface area contributed by atoms with Crippen molar-refractivity contribution in [3.05, 3.63) is 0 Å². The fourth-order valence-corrected chi connectivity index (χ4v) is 2.82. The van der Waals surface area contributed by atoms with Crippen molar-refractivity contribution in [3.8, 4) is 0 Å². The van der Waals surface area contributed by atoms with Crippen LogP contribution in [0.15, 0.2) is 4.99 Å². The molecule has 0 spiro atoms. The van der Waals surface area contributed by atoms with Crippen LogP contribution in [0, 0.1) is 10.8 Å². The van der Waals surface area contributed by atoms with Crippen molar-refractivity contribution >= 4 is 12.0 Å². The van der Waals surface area contributed by atoms with Crippen LogP contribution >= 0.6 is 0 Å². The molecule has 0 bridgehead atoms. The molecule has 0 aliphatic heterocycles. The van der Waals surface area contributed by atoms with Gasteiger partial charge in [0.05, 0.1) is 12.6 Å². The third kappa shape index (κ3) is 3.18. The Morgan fingerprint density at radius 2 is 2.17 bits per heavy atom. The molecular weight excluding hydrogens is 232 g/mol. The van der Waals surface area contributed by atoms with Crippen LogP contribution < -0.4 is 5.48 Å². The van der Waals surface area contributed by atoms with Crippen LogP contribution in [0.3, 0.4) is 0 Å². The van der Waals surface area contributed by atoms with E-state index in [1.54, 1.807) is 6.08 Å². The molecular formula is C13H22N2O3. The van der Waals surface area contributed by atoms with Gasteiger partial charge in [0.2, 0.25) is 12.0 Å². The summed E-state index contributed by atoms with van der Waals surface area (Å²) >= 11 is 0. The van der Waals surface area contributed by atoms with Crippen LogP contribution in [0.25, 0.3) is 0 Å². The van der Waals surface area contributed by atoms with Gasteiger partial charge in [0, 0.05) is 5.41 Å². The van der Waals surface area contributed by atoms with Gasteiger partial charge in [-0.1, -0.05) is 20.8 Å². The molecule has 0 saturated heterocycles. The second-order valence-electron chi connectivity index (χ2n) is 5.87.